The zero-order chi connectivity index (χ0) is 21.7. The van der Waals surface area contributed by atoms with Crippen LogP contribution in [0.1, 0.15) is 17.5 Å². The summed E-state index contributed by atoms with van der Waals surface area (Å²) in [6, 6.07) is 15.9. The van der Waals surface area contributed by atoms with Crippen LogP contribution < -0.4 is 15.4 Å². The van der Waals surface area contributed by atoms with Gasteiger partial charge in [-0.2, -0.15) is 0 Å². The van der Waals surface area contributed by atoms with Gasteiger partial charge in [0.15, 0.2) is 0 Å². The van der Waals surface area contributed by atoms with Gasteiger partial charge in [0.05, 0.1) is 32.2 Å². The van der Waals surface area contributed by atoms with Crippen molar-refractivity contribution < 1.29 is 14.3 Å². The second kappa shape index (κ2) is 9.49. The summed E-state index contributed by atoms with van der Waals surface area (Å²) < 4.78 is 10.4. The molecule has 0 unspecified atom stereocenters. The fourth-order valence-electron chi connectivity index (χ4n) is 4.22. The van der Waals surface area contributed by atoms with E-state index in [1.807, 2.05) is 41.3 Å². The zero-order valence-corrected chi connectivity index (χ0v) is 18.2. The first-order valence-corrected chi connectivity index (χ1v) is 10.7. The molecule has 1 spiro atoms. The number of rotatable bonds is 6. The molecule has 7 nitrogen and oxygen atoms in total. The molecule has 2 aromatic rings. The lowest BCUT2D eigenvalue weighted by molar-refractivity contribution is -0.129. The molecule has 31 heavy (non-hydrogen) atoms. The third-order valence-electron chi connectivity index (χ3n) is 6.04. The smallest absolute Gasteiger partial charge is 0.227 e. The predicted octanol–water partition coefficient (Wildman–Crippen LogP) is 2.47. The van der Waals surface area contributed by atoms with E-state index in [1.165, 1.54) is 5.56 Å². The lowest BCUT2D eigenvalue weighted by Gasteiger charge is -2.30. The molecular weight excluding hydrogens is 392 g/mol. The van der Waals surface area contributed by atoms with Gasteiger partial charge in [0.1, 0.15) is 11.6 Å². The maximum atomic E-state index is 13.1. The number of amidine groups is 1. The van der Waals surface area contributed by atoms with Crippen LogP contribution in [0.15, 0.2) is 53.5 Å². The van der Waals surface area contributed by atoms with E-state index >= 15 is 0 Å². The van der Waals surface area contributed by atoms with Crippen LogP contribution in [0.3, 0.4) is 0 Å². The van der Waals surface area contributed by atoms with Gasteiger partial charge >= 0.3 is 0 Å². The van der Waals surface area contributed by atoms with Gasteiger partial charge in [0, 0.05) is 32.4 Å². The van der Waals surface area contributed by atoms with Crippen molar-refractivity contribution in [2.45, 2.75) is 24.9 Å². The highest BCUT2D eigenvalue weighted by atomic mass is 16.5. The molecule has 2 heterocycles. The van der Waals surface area contributed by atoms with E-state index in [9.17, 15) is 4.79 Å². The molecule has 0 bridgehead atoms. The maximum Gasteiger partial charge on any atom is 0.227 e. The first kappa shape index (κ1) is 21.3. The number of hydrogen-bond acceptors (Lipinski definition) is 5. The fourth-order valence-corrected chi connectivity index (χ4v) is 4.22. The van der Waals surface area contributed by atoms with Gasteiger partial charge in [-0.15, -0.1) is 0 Å². The van der Waals surface area contributed by atoms with Crippen LogP contribution in [-0.4, -0.2) is 62.6 Å². The van der Waals surface area contributed by atoms with E-state index < -0.39 is 0 Å². The minimum Gasteiger partial charge on any atom is -0.497 e. The monoisotopic (exact) mass is 422 g/mol. The van der Waals surface area contributed by atoms with Crippen LogP contribution in [0.5, 0.6) is 5.75 Å². The number of benzene rings is 2. The zero-order valence-electron chi connectivity index (χ0n) is 18.2. The highest BCUT2D eigenvalue weighted by Gasteiger charge is 2.45. The van der Waals surface area contributed by atoms with Crippen molar-refractivity contribution in [3.63, 3.8) is 0 Å². The molecule has 2 aliphatic rings. The van der Waals surface area contributed by atoms with Crippen LogP contribution >= 0.6 is 0 Å². The van der Waals surface area contributed by atoms with E-state index in [0.717, 1.165) is 35.8 Å². The fraction of sp³-hybridized carbons (Fsp3) is 0.417. The summed E-state index contributed by atoms with van der Waals surface area (Å²) >= 11 is 0. The molecule has 4 rings (SSSR count). The average Bonchev–Trinajstić information content (AvgIpc) is 3.17. The van der Waals surface area contributed by atoms with E-state index in [-0.39, 0.29) is 11.4 Å². The van der Waals surface area contributed by atoms with Crippen molar-refractivity contribution in [2.24, 2.45) is 4.99 Å². The molecule has 0 saturated carbocycles. The summed E-state index contributed by atoms with van der Waals surface area (Å²) in [7, 11) is 3.32. The molecule has 2 aromatic carbocycles. The number of methoxy groups -OCH3 is 2. The van der Waals surface area contributed by atoms with Crippen molar-refractivity contribution in [1.29, 1.82) is 0 Å². The highest BCUT2D eigenvalue weighted by molar-refractivity contribution is 6.04. The van der Waals surface area contributed by atoms with Crippen LogP contribution in [0.2, 0.25) is 0 Å². The first-order chi connectivity index (χ1) is 15.1. The molecule has 0 radical (unpaired) electrons. The van der Waals surface area contributed by atoms with E-state index in [2.05, 4.69) is 22.8 Å². The van der Waals surface area contributed by atoms with Crippen LogP contribution in [0.4, 0.5) is 5.69 Å². The Labute approximate surface area is 183 Å². The Morgan fingerprint density at radius 1 is 1.16 bits per heavy atom. The minimum atomic E-state index is -0.387. The Kier molecular flexibility index (Phi) is 6.53. The second-order valence-corrected chi connectivity index (χ2v) is 8.03. The van der Waals surface area contributed by atoms with Gasteiger partial charge < -0.3 is 19.7 Å². The van der Waals surface area contributed by atoms with Crippen molar-refractivity contribution in [1.82, 2.24) is 10.2 Å². The topological polar surface area (TPSA) is 75.2 Å². The number of fused-ring (bicyclic) bond motifs is 1. The number of para-hydroxylation sites is 1. The molecule has 164 valence electrons. The Bertz CT molecular complexity index is 944. The molecule has 0 aromatic heterocycles. The number of nitrogens with one attached hydrogen (secondary N) is 2. The summed E-state index contributed by atoms with van der Waals surface area (Å²) in [6.07, 6.45) is 1.19. The van der Waals surface area contributed by atoms with Gasteiger partial charge in [-0.25, -0.2) is 0 Å². The third kappa shape index (κ3) is 4.73. The third-order valence-corrected chi connectivity index (χ3v) is 6.04. The normalized spacial score (nSPS) is 21.6. The van der Waals surface area contributed by atoms with E-state index in [1.54, 1.807) is 14.2 Å². The number of amides is 1. The van der Waals surface area contributed by atoms with Crippen molar-refractivity contribution in [3.8, 4) is 5.75 Å². The summed E-state index contributed by atoms with van der Waals surface area (Å²) in [4.78, 5) is 19.8. The standard InChI is InChI=1S/C24H30N4O3/c1-30-14-12-25-23-24(26-16-19-5-3-4-6-21(19)27-23)11-13-28(17-24)22(29)15-18-7-9-20(31-2)10-8-18/h3-10,26H,11-17H2,1-2H3,(H,25,27)/t24-/m1/s1. The molecule has 1 atom stereocenters. The van der Waals surface area contributed by atoms with Gasteiger partial charge in [0.2, 0.25) is 5.91 Å². The molecule has 2 N–H and O–H groups in total. The van der Waals surface area contributed by atoms with Crippen molar-refractivity contribution >= 4 is 17.4 Å². The van der Waals surface area contributed by atoms with Gasteiger partial charge in [-0.1, -0.05) is 30.3 Å². The number of ether oxygens (including phenoxy) is 2. The molecule has 1 amide bonds. The number of carbonyl (C=O) groups excluding carboxylic acids is 1. The SMILES string of the molecule is COCCN=C1Nc2ccccc2CN[C@@]12CCN(C(=O)Cc1ccc(OC)cc1)C2. The lowest BCUT2D eigenvalue weighted by atomic mass is 9.96. The number of carbonyl (C=O) groups is 1. The summed E-state index contributed by atoms with van der Waals surface area (Å²) in [5, 5.41) is 7.26. The van der Waals surface area contributed by atoms with Crippen molar-refractivity contribution in [3.05, 3.63) is 59.7 Å². The molecule has 0 aliphatic carbocycles. The second-order valence-electron chi connectivity index (χ2n) is 8.03. The van der Waals surface area contributed by atoms with Crippen LogP contribution in [-0.2, 0) is 22.5 Å². The van der Waals surface area contributed by atoms with E-state index in [0.29, 0.717) is 32.7 Å². The predicted molar refractivity (Wildman–Crippen MR) is 122 cm³/mol. The number of nitrogens with zero attached hydrogens (tertiary/aromatic N) is 2. The Balaban J connectivity index is 1.51. The molecule has 2 aliphatic heterocycles. The molecule has 1 fully saturated rings. The summed E-state index contributed by atoms with van der Waals surface area (Å²) in [5.74, 6) is 1.80. The van der Waals surface area contributed by atoms with Gasteiger partial charge in [-0.3, -0.25) is 15.1 Å². The number of aliphatic imine (C=N–C) groups is 1. The maximum absolute atomic E-state index is 13.1. The summed E-state index contributed by atoms with van der Waals surface area (Å²) in [5.41, 5.74) is 2.86. The Morgan fingerprint density at radius 3 is 2.74 bits per heavy atom. The first-order valence-electron chi connectivity index (χ1n) is 10.7. The van der Waals surface area contributed by atoms with Crippen molar-refractivity contribution in [2.75, 3.05) is 45.8 Å². The summed E-state index contributed by atoms with van der Waals surface area (Å²) in [6.45, 7) is 3.15. The quantitative estimate of drug-likeness (QED) is 0.700. The molecule has 1 saturated heterocycles. The van der Waals surface area contributed by atoms with Crippen LogP contribution in [0, 0.1) is 0 Å². The largest absolute Gasteiger partial charge is 0.497 e. The molecular formula is C24H30N4O3. The van der Waals surface area contributed by atoms with E-state index in [4.69, 9.17) is 14.5 Å². The molecule has 7 heteroatoms. The average molecular weight is 423 g/mol. The number of hydrogen-bond donors (Lipinski definition) is 2. The number of likely N-dealkylation sites (tertiary alicyclic amines) is 1. The van der Waals surface area contributed by atoms with Crippen LogP contribution in [0.25, 0.3) is 0 Å². The number of anilines is 1. The van der Waals surface area contributed by atoms with Gasteiger partial charge in [0.25, 0.3) is 0 Å². The Morgan fingerprint density at radius 2 is 1.97 bits per heavy atom. The Hall–Kier alpha value is -2.90. The van der Waals surface area contributed by atoms with Gasteiger partial charge in [-0.05, 0) is 35.7 Å². The minimum absolute atomic E-state index is 0.127. The highest BCUT2D eigenvalue weighted by Crippen LogP contribution is 2.30. The lowest BCUT2D eigenvalue weighted by Crippen LogP contribution is -2.55.